The quantitative estimate of drug-likeness (QED) is 0.767. The topological polar surface area (TPSA) is 25.8 Å². The molecule has 2 rings (SSSR count). The maximum absolute atomic E-state index is 4.14. The van der Waals surface area contributed by atoms with Gasteiger partial charge in [-0.3, -0.25) is 0 Å². The van der Waals surface area contributed by atoms with E-state index in [1.807, 2.05) is 18.2 Å². The van der Waals surface area contributed by atoms with Gasteiger partial charge in [0.2, 0.25) is 0 Å². The molecule has 12 heavy (non-hydrogen) atoms. The molecule has 2 aromatic rings. The molecule has 0 atom stereocenters. The van der Waals surface area contributed by atoms with Gasteiger partial charge in [-0.2, -0.15) is 0 Å². The van der Waals surface area contributed by atoms with E-state index >= 15 is 0 Å². The van der Waals surface area contributed by atoms with E-state index < -0.39 is 0 Å². The molecule has 60 valence electrons. The molecule has 0 bridgehead atoms. The summed E-state index contributed by atoms with van der Waals surface area (Å²) >= 11 is 5.07. The van der Waals surface area contributed by atoms with Crippen molar-refractivity contribution in [3.63, 3.8) is 0 Å². The second-order valence-electron chi connectivity index (χ2n) is 2.20. The van der Waals surface area contributed by atoms with Crippen LogP contribution in [-0.2, 0) is 0 Å². The number of rotatable bonds is 1. The van der Waals surface area contributed by atoms with Crippen LogP contribution >= 0.6 is 27.3 Å². The Morgan fingerprint density at radius 1 is 1.25 bits per heavy atom. The van der Waals surface area contributed by atoms with Crippen LogP contribution in [0.5, 0.6) is 0 Å². The fourth-order valence-corrected chi connectivity index (χ4v) is 2.25. The molecule has 0 aliphatic heterocycles. The van der Waals surface area contributed by atoms with Crippen molar-refractivity contribution in [2.24, 2.45) is 0 Å². The number of thiophene rings is 1. The summed E-state index contributed by atoms with van der Waals surface area (Å²) in [5, 5.41) is 0. The first-order valence-electron chi connectivity index (χ1n) is 3.38. The van der Waals surface area contributed by atoms with Gasteiger partial charge in [-0.25, -0.2) is 9.97 Å². The lowest BCUT2D eigenvalue weighted by Crippen LogP contribution is -1.78. The Labute approximate surface area is 82.4 Å². The second-order valence-corrected chi connectivity index (χ2v) is 4.66. The first-order chi connectivity index (χ1) is 5.86. The molecule has 0 radical (unpaired) electrons. The van der Waals surface area contributed by atoms with Crippen molar-refractivity contribution in [3.05, 3.63) is 34.5 Å². The van der Waals surface area contributed by atoms with Crippen LogP contribution < -0.4 is 0 Å². The Morgan fingerprint density at radius 3 is 2.75 bits per heavy atom. The molecule has 0 N–H and O–H groups in total. The molecule has 0 amide bonds. The van der Waals surface area contributed by atoms with Crippen molar-refractivity contribution in [2.45, 2.75) is 0 Å². The van der Waals surface area contributed by atoms with Gasteiger partial charge in [-0.15, -0.1) is 11.3 Å². The van der Waals surface area contributed by atoms with Gasteiger partial charge in [0.1, 0.15) is 6.33 Å². The lowest BCUT2D eigenvalue weighted by Gasteiger charge is -1.91. The van der Waals surface area contributed by atoms with Gasteiger partial charge in [-0.05, 0) is 34.1 Å². The zero-order valence-electron chi connectivity index (χ0n) is 6.07. The van der Waals surface area contributed by atoms with E-state index in [4.69, 9.17) is 0 Å². The largest absolute Gasteiger partial charge is 0.245 e. The molecule has 2 nitrogen and oxygen atoms in total. The van der Waals surface area contributed by atoms with E-state index in [0.717, 1.165) is 14.4 Å². The number of hydrogen-bond acceptors (Lipinski definition) is 3. The minimum absolute atomic E-state index is 0.973. The van der Waals surface area contributed by atoms with Crippen LogP contribution in [0, 0.1) is 0 Å². The molecule has 0 saturated heterocycles. The Hall–Kier alpha value is -0.740. The summed E-state index contributed by atoms with van der Waals surface area (Å²) < 4.78 is 1.12. The second kappa shape index (κ2) is 3.33. The van der Waals surface area contributed by atoms with Crippen molar-refractivity contribution in [1.82, 2.24) is 9.97 Å². The van der Waals surface area contributed by atoms with Gasteiger partial charge >= 0.3 is 0 Å². The van der Waals surface area contributed by atoms with Crippen LogP contribution in [0.25, 0.3) is 10.6 Å². The molecular weight excluding hydrogens is 236 g/mol. The molecule has 2 aromatic heterocycles. The smallest absolute Gasteiger partial charge is 0.116 e. The van der Waals surface area contributed by atoms with E-state index in [-0.39, 0.29) is 0 Å². The van der Waals surface area contributed by atoms with Gasteiger partial charge < -0.3 is 0 Å². The van der Waals surface area contributed by atoms with Gasteiger partial charge in [-0.1, -0.05) is 0 Å². The molecule has 2 heterocycles. The van der Waals surface area contributed by atoms with E-state index in [0.29, 0.717) is 0 Å². The average Bonchev–Trinajstić information content (AvgIpc) is 2.54. The molecule has 0 aliphatic rings. The van der Waals surface area contributed by atoms with E-state index in [2.05, 4.69) is 25.9 Å². The maximum Gasteiger partial charge on any atom is 0.116 e. The Morgan fingerprint density at radius 2 is 2.17 bits per heavy atom. The van der Waals surface area contributed by atoms with Crippen molar-refractivity contribution < 1.29 is 0 Å². The van der Waals surface area contributed by atoms with Gasteiger partial charge in [0.25, 0.3) is 0 Å². The summed E-state index contributed by atoms with van der Waals surface area (Å²) in [6, 6.07) is 5.96. The average molecular weight is 241 g/mol. The Bertz CT molecular complexity index is 372. The highest BCUT2D eigenvalue weighted by Crippen LogP contribution is 2.29. The molecule has 4 heteroatoms. The van der Waals surface area contributed by atoms with E-state index in [1.165, 1.54) is 0 Å². The summed E-state index contributed by atoms with van der Waals surface area (Å²) in [5.74, 6) is 0. The minimum Gasteiger partial charge on any atom is -0.245 e. The highest BCUT2D eigenvalue weighted by molar-refractivity contribution is 9.11. The third-order valence-corrected chi connectivity index (χ3v) is 3.05. The SMILES string of the molecule is Brc1ccc(-c2ccncn2)s1. The highest BCUT2D eigenvalue weighted by atomic mass is 79.9. The van der Waals surface area contributed by atoms with Gasteiger partial charge in [0.05, 0.1) is 14.4 Å². The number of nitrogens with zero attached hydrogens (tertiary/aromatic N) is 2. The number of halogens is 1. The summed E-state index contributed by atoms with van der Waals surface area (Å²) in [6.07, 6.45) is 3.30. The standard InChI is InChI=1S/C8H5BrN2S/c9-8-2-1-7(12-8)6-3-4-10-5-11-6/h1-5H. The van der Waals surface area contributed by atoms with Crippen LogP contribution in [0.1, 0.15) is 0 Å². The van der Waals surface area contributed by atoms with Gasteiger partial charge in [0, 0.05) is 6.20 Å². The van der Waals surface area contributed by atoms with Gasteiger partial charge in [0.15, 0.2) is 0 Å². The zero-order chi connectivity index (χ0) is 8.39. The fraction of sp³-hybridized carbons (Fsp3) is 0. The summed E-state index contributed by atoms with van der Waals surface area (Å²) in [4.78, 5) is 9.16. The lowest BCUT2D eigenvalue weighted by atomic mass is 10.3. The molecule has 0 unspecified atom stereocenters. The van der Waals surface area contributed by atoms with Crippen LogP contribution in [0.3, 0.4) is 0 Å². The highest BCUT2D eigenvalue weighted by Gasteiger charge is 2.00. The Kier molecular flexibility index (Phi) is 2.19. The predicted molar refractivity (Wildman–Crippen MR) is 53.0 cm³/mol. The van der Waals surface area contributed by atoms with Crippen molar-refractivity contribution >= 4 is 27.3 Å². The molecule has 0 saturated carbocycles. The van der Waals surface area contributed by atoms with Crippen molar-refractivity contribution in [3.8, 4) is 10.6 Å². The number of aromatic nitrogens is 2. The normalized spacial score (nSPS) is 10.1. The monoisotopic (exact) mass is 240 g/mol. The van der Waals surface area contributed by atoms with E-state index in [9.17, 15) is 0 Å². The van der Waals surface area contributed by atoms with Crippen LogP contribution in [-0.4, -0.2) is 9.97 Å². The lowest BCUT2D eigenvalue weighted by molar-refractivity contribution is 1.18. The summed E-state index contributed by atoms with van der Waals surface area (Å²) in [6.45, 7) is 0. The van der Waals surface area contributed by atoms with Crippen molar-refractivity contribution in [2.75, 3.05) is 0 Å². The van der Waals surface area contributed by atoms with Crippen molar-refractivity contribution in [1.29, 1.82) is 0 Å². The van der Waals surface area contributed by atoms with Crippen LogP contribution in [0.4, 0.5) is 0 Å². The third-order valence-electron chi connectivity index (χ3n) is 1.41. The molecule has 0 aliphatic carbocycles. The fourth-order valence-electron chi connectivity index (χ4n) is 0.888. The zero-order valence-corrected chi connectivity index (χ0v) is 8.47. The summed E-state index contributed by atoms with van der Waals surface area (Å²) in [5.41, 5.74) is 0.973. The molecular formula is C8H5BrN2S. The predicted octanol–water partition coefficient (Wildman–Crippen LogP) is 2.97. The summed E-state index contributed by atoms with van der Waals surface area (Å²) in [7, 11) is 0. The molecule has 0 aromatic carbocycles. The molecule has 0 spiro atoms. The first-order valence-corrected chi connectivity index (χ1v) is 4.99. The van der Waals surface area contributed by atoms with E-state index in [1.54, 1.807) is 23.9 Å². The van der Waals surface area contributed by atoms with Crippen LogP contribution in [0.15, 0.2) is 34.5 Å². The third kappa shape index (κ3) is 1.54. The minimum atomic E-state index is 0.973. The molecule has 0 fully saturated rings. The number of hydrogen-bond donors (Lipinski definition) is 0. The maximum atomic E-state index is 4.14. The Balaban J connectivity index is 2.45. The first kappa shape index (κ1) is 7.89. The van der Waals surface area contributed by atoms with Crippen LogP contribution in [0.2, 0.25) is 0 Å².